The van der Waals surface area contributed by atoms with Gasteiger partial charge in [-0.3, -0.25) is 9.48 Å². The molecular weight excluding hydrogens is 362 g/mol. The molecule has 6 nitrogen and oxygen atoms in total. The molecule has 0 spiro atoms. The molecule has 134 valence electrons. The third-order valence-electron chi connectivity index (χ3n) is 4.45. The Labute approximate surface area is 152 Å². The number of ketones is 1. The second-order valence-corrected chi connectivity index (χ2v) is 8.64. The summed E-state index contributed by atoms with van der Waals surface area (Å²) in [5.74, 6) is -0.102. The van der Waals surface area contributed by atoms with Gasteiger partial charge < -0.3 is 0 Å². The number of rotatable bonds is 5. The maximum Gasteiger partial charge on any atom is 0.244 e. The van der Waals surface area contributed by atoms with Crippen LogP contribution in [0.25, 0.3) is 0 Å². The number of aromatic nitrogens is 2. The molecule has 3 rings (SSSR count). The van der Waals surface area contributed by atoms with Crippen molar-refractivity contribution in [2.24, 2.45) is 7.05 Å². The lowest BCUT2D eigenvalue weighted by atomic mass is 10.1. The highest BCUT2D eigenvalue weighted by Crippen LogP contribution is 2.32. The van der Waals surface area contributed by atoms with Crippen molar-refractivity contribution in [1.29, 1.82) is 0 Å². The molecule has 1 atom stereocenters. The van der Waals surface area contributed by atoms with Crippen LogP contribution in [0.15, 0.2) is 35.5 Å². The Balaban J connectivity index is 1.84. The fraction of sp³-hybridized carbons (Fsp3) is 0.412. The Hall–Kier alpha value is -1.70. The average molecular weight is 382 g/mol. The van der Waals surface area contributed by atoms with Gasteiger partial charge in [0.15, 0.2) is 5.78 Å². The minimum atomic E-state index is -3.73. The molecule has 0 aliphatic carbocycles. The minimum Gasteiger partial charge on any atom is -0.294 e. The molecule has 0 radical (unpaired) electrons. The molecule has 2 aromatic rings. The largest absolute Gasteiger partial charge is 0.294 e. The van der Waals surface area contributed by atoms with E-state index >= 15 is 0 Å². The molecule has 1 fully saturated rings. The van der Waals surface area contributed by atoms with Gasteiger partial charge in [-0.15, -0.1) is 0 Å². The summed E-state index contributed by atoms with van der Waals surface area (Å²) in [5, 5.41) is 4.21. The van der Waals surface area contributed by atoms with Gasteiger partial charge in [0.1, 0.15) is 4.90 Å². The summed E-state index contributed by atoms with van der Waals surface area (Å²) in [5.41, 5.74) is 1.40. The van der Waals surface area contributed by atoms with Crippen LogP contribution in [-0.4, -0.2) is 40.9 Å². The molecule has 1 aromatic carbocycles. The van der Waals surface area contributed by atoms with E-state index in [-0.39, 0.29) is 28.2 Å². The summed E-state index contributed by atoms with van der Waals surface area (Å²) in [7, 11) is -1.99. The van der Waals surface area contributed by atoms with Gasteiger partial charge >= 0.3 is 0 Å². The number of hydrogen-bond acceptors (Lipinski definition) is 4. The van der Waals surface area contributed by atoms with Gasteiger partial charge in [-0.25, -0.2) is 8.42 Å². The summed E-state index contributed by atoms with van der Waals surface area (Å²) in [6, 6.07) is 4.55. The Kier molecular flexibility index (Phi) is 4.99. The van der Waals surface area contributed by atoms with E-state index < -0.39 is 10.0 Å². The van der Waals surface area contributed by atoms with Crippen LogP contribution in [-0.2, 0) is 17.1 Å². The van der Waals surface area contributed by atoms with E-state index in [1.807, 2.05) is 6.92 Å². The molecule has 0 unspecified atom stereocenters. The lowest BCUT2D eigenvalue weighted by Crippen LogP contribution is -2.37. The maximum atomic E-state index is 13.0. The predicted molar refractivity (Wildman–Crippen MR) is 95.3 cm³/mol. The quantitative estimate of drug-likeness (QED) is 0.746. The van der Waals surface area contributed by atoms with Crippen LogP contribution < -0.4 is 0 Å². The smallest absolute Gasteiger partial charge is 0.244 e. The Morgan fingerprint density at radius 3 is 2.80 bits per heavy atom. The second-order valence-electron chi connectivity index (χ2n) is 6.38. The lowest BCUT2D eigenvalue weighted by molar-refractivity contribution is 0.0961. The third kappa shape index (κ3) is 3.63. The van der Waals surface area contributed by atoms with E-state index in [9.17, 15) is 13.2 Å². The van der Waals surface area contributed by atoms with Gasteiger partial charge in [-0.05, 0) is 37.5 Å². The number of hydrogen-bond donors (Lipinski definition) is 0. The van der Waals surface area contributed by atoms with E-state index in [0.717, 1.165) is 12.0 Å². The zero-order valence-corrected chi connectivity index (χ0v) is 15.7. The molecule has 1 saturated heterocycles. The van der Waals surface area contributed by atoms with Gasteiger partial charge in [0.25, 0.3) is 0 Å². The van der Waals surface area contributed by atoms with Crippen molar-refractivity contribution in [3.8, 4) is 0 Å². The van der Waals surface area contributed by atoms with E-state index in [1.165, 1.54) is 16.6 Å². The number of sulfonamides is 1. The number of carbonyl (C=O) groups excluding carboxylic acids is 1. The predicted octanol–water partition coefficient (Wildman–Crippen LogP) is 2.81. The van der Waals surface area contributed by atoms with Crippen molar-refractivity contribution in [2.45, 2.75) is 37.1 Å². The van der Waals surface area contributed by atoms with Crippen LogP contribution in [0, 0.1) is 6.92 Å². The highest BCUT2D eigenvalue weighted by molar-refractivity contribution is 7.89. The number of Topliss-reactive ketones (excluding diaryl/α,β-unsaturated/α-hetero) is 1. The SMILES string of the molecule is Cc1ccc(S(=O)(=O)N2CCC[C@H]2CC(=O)c2cnn(C)c2)c(Cl)c1. The van der Waals surface area contributed by atoms with E-state index in [2.05, 4.69) is 5.10 Å². The fourth-order valence-electron chi connectivity index (χ4n) is 3.17. The molecule has 2 heterocycles. The number of benzene rings is 1. The van der Waals surface area contributed by atoms with Crippen LogP contribution in [0.1, 0.15) is 35.2 Å². The lowest BCUT2D eigenvalue weighted by Gasteiger charge is -2.24. The Bertz CT molecular complexity index is 908. The van der Waals surface area contributed by atoms with Gasteiger partial charge in [0.05, 0.1) is 16.8 Å². The number of nitrogens with zero attached hydrogens (tertiary/aromatic N) is 3. The van der Waals surface area contributed by atoms with Crippen LogP contribution >= 0.6 is 11.6 Å². The van der Waals surface area contributed by atoms with E-state index in [0.29, 0.717) is 18.5 Å². The zero-order valence-electron chi connectivity index (χ0n) is 14.1. The summed E-state index contributed by atoms with van der Waals surface area (Å²) >= 11 is 6.16. The first kappa shape index (κ1) is 18.1. The molecule has 1 aromatic heterocycles. The summed E-state index contributed by atoms with van der Waals surface area (Å²) in [4.78, 5) is 12.5. The molecule has 25 heavy (non-hydrogen) atoms. The van der Waals surface area contributed by atoms with Crippen LogP contribution in [0.2, 0.25) is 5.02 Å². The van der Waals surface area contributed by atoms with Crippen LogP contribution in [0.4, 0.5) is 0 Å². The summed E-state index contributed by atoms with van der Waals surface area (Å²) in [6.45, 7) is 2.25. The molecule has 0 saturated carbocycles. The van der Waals surface area contributed by atoms with Crippen molar-refractivity contribution in [1.82, 2.24) is 14.1 Å². The molecule has 1 aliphatic heterocycles. The molecule has 1 aliphatic rings. The highest BCUT2D eigenvalue weighted by Gasteiger charge is 2.37. The molecule has 0 N–H and O–H groups in total. The molecule has 0 bridgehead atoms. The maximum absolute atomic E-state index is 13.0. The van der Waals surface area contributed by atoms with Crippen molar-refractivity contribution >= 4 is 27.4 Å². The van der Waals surface area contributed by atoms with Crippen molar-refractivity contribution in [3.63, 3.8) is 0 Å². The molecule has 0 amide bonds. The first-order chi connectivity index (χ1) is 11.8. The van der Waals surface area contributed by atoms with Crippen molar-refractivity contribution in [3.05, 3.63) is 46.7 Å². The van der Waals surface area contributed by atoms with Gasteiger partial charge in [-0.1, -0.05) is 17.7 Å². The Morgan fingerprint density at radius 2 is 2.16 bits per heavy atom. The topological polar surface area (TPSA) is 72.3 Å². The summed E-state index contributed by atoms with van der Waals surface area (Å²) in [6.07, 6.45) is 4.69. The van der Waals surface area contributed by atoms with E-state index in [4.69, 9.17) is 11.6 Å². The molecular formula is C17H20ClN3O3S. The minimum absolute atomic E-state index is 0.0977. The second kappa shape index (κ2) is 6.90. The molecule has 8 heteroatoms. The average Bonchev–Trinajstić information content (AvgIpc) is 3.16. The van der Waals surface area contributed by atoms with Crippen LogP contribution in [0.5, 0.6) is 0 Å². The highest BCUT2D eigenvalue weighted by atomic mass is 35.5. The number of aryl methyl sites for hydroxylation is 2. The number of carbonyl (C=O) groups is 1. The van der Waals surface area contributed by atoms with E-state index in [1.54, 1.807) is 30.1 Å². The first-order valence-electron chi connectivity index (χ1n) is 8.09. The van der Waals surface area contributed by atoms with Crippen LogP contribution in [0.3, 0.4) is 0 Å². The van der Waals surface area contributed by atoms with Gasteiger partial charge in [0.2, 0.25) is 10.0 Å². The van der Waals surface area contributed by atoms with Crippen molar-refractivity contribution in [2.75, 3.05) is 6.54 Å². The zero-order chi connectivity index (χ0) is 18.2. The third-order valence-corrected chi connectivity index (χ3v) is 6.88. The van der Waals surface area contributed by atoms with Crippen molar-refractivity contribution < 1.29 is 13.2 Å². The normalized spacial score (nSPS) is 18.6. The first-order valence-corrected chi connectivity index (χ1v) is 9.90. The standard InChI is InChI=1S/C17H20ClN3O3S/c1-12-5-6-17(15(18)8-12)25(23,24)21-7-3-4-14(21)9-16(22)13-10-19-20(2)11-13/h5-6,8,10-11,14H,3-4,7,9H2,1-2H3/t14-/m0/s1. The van der Waals surface area contributed by atoms with Gasteiger partial charge in [-0.2, -0.15) is 9.40 Å². The number of halogens is 1. The fourth-order valence-corrected chi connectivity index (χ4v) is 5.44. The van der Waals surface area contributed by atoms with Gasteiger partial charge in [0, 0.05) is 32.3 Å². The Morgan fingerprint density at radius 1 is 1.40 bits per heavy atom. The monoisotopic (exact) mass is 381 g/mol. The summed E-state index contributed by atoms with van der Waals surface area (Å²) < 4.78 is 29.0.